The molecule has 0 aromatic rings. The van der Waals surface area contributed by atoms with Crippen LogP contribution < -0.4 is 0 Å². The monoisotopic (exact) mass is 217 g/mol. The smallest absolute Gasteiger partial charge is 0.364 e. The van der Waals surface area contributed by atoms with E-state index < -0.39 is 18.9 Å². The van der Waals surface area contributed by atoms with E-state index in [1.54, 1.807) is 6.08 Å². The highest BCUT2D eigenvalue weighted by Gasteiger charge is 2.59. The van der Waals surface area contributed by atoms with Crippen molar-refractivity contribution in [2.24, 2.45) is 17.8 Å². The zero-order valence-corrected chi connectivity index (χ0v) is 8.08. The van der Waals surface area contributed by atoms with E-state index >= 15 is 0 Å². The summed E-state index contributed by atoms with van der Waals surface area (Å²) in [6, 6.07) is 2.10. The first-order valence-corrected chi connectivity index (χ1v) is 4.70. The van der Waals surface area contributed by atoms with Crippen LogP contribution in [-0.4, -0.2) is 18.9 Å². The normalized spacial score (nSPS) is 38.2. The van der Waals surface area contributed by atoms with Crippen LogP contribution in [0.4, 0.5) is 13.2 Å². The lowest BCUT2D eigenvalue weighted by molar-refractivity contribution is -0.182. The molecule has 1 saturated carbocycles. The molecule has 0 radical (unpaired) electrons. The van der Waals surface area contributed by atoms with E-state index in [-0.39, 0.29) is 17.8 Å². The molecule has 4 atom stereocenters. The van der Waals surface area contributed by atoms with Gasteiger partial charge in [-0.1, -0.05) is 11.6 Å². The second-order valence-corrected chi connectivity index (χ2v) is 4.06. The Hall–Kier alpha value is -1.02. The molecule has 2 aliphatic carbocycles. The lowest BCUT2D eigenvalue weighted by Gasteiger charge is -2.13. The number of nitriles is 1. The van der Waals surface area contributed by atoms with Crippen LogP contribution in [0.5, 0.6) is 0 Å². The van der Waals surface area contributed by atoms with E-state index in [0.29, 0.717) is 0 Å². The number of rotatable bonds is 2. The van der Waals surface area contributed by atoms with Crippen LogP contribution in [0.1, 0.15) is 6.92 Å². The molecule has 5 heteroatoms. The van der Waals surface area contributed by atoms with E-state index in [0.717, 1.165) is 5.57 Å². The average molecular weight is 217 g/mol. The summed E-state index contributed by atoms with van der Waals surface area (Å²) in [5.74, 6) is -0.0567. The zero-order chi connectivity index (χ0) is 11.2. The maximum atomic E-state index is 11.9. The summed E-state index contributed by atoms with van der Waals surface area (Å²) >= 11 is 0. The largest absolute Gasteiger partial charge is 0.411 e. The molecule has 2 rings (SSSR count). The van der Waals surface area contributed by atoms with Crippen molar-refractivity contribution in [2.75, 3.05) is 6.61 Å². The van der Waals surface area contributed by atoms with Crippen molar-refractivity contribution in [3.8, 4) is 6.07 Å². The molecular weight excluding hydrogens is 207 g/mol. The van der Waals surface area contributed by atoms with Gasteiger partial charge >= 0.3 is 6.18 Å². The minimum atomic E-state index is -4.29. The summed E-state index contributed by atoms with van der Waals surface area (Å²) in [7, 11) is 0. The molecule has 0 aliphatic heterocycles. The van der Waals surface area contributed by atoms with Crippen molar-refractivity contribution >= 4 is 0 Å². The first kappa shape index (κ1) is 10.5. The molecule has 15 heavy (non-hydrogen) atoms. The Morgan fingerprint density at radius 3 is 2.67 bits per heavy atom. The molecule has 82 valence electrons. The van der Waals surface area contributed by atoms with Gasteiger partial charge in [-0.05, 0) is 6.92 Å². The molecule has 0 aromatic carbocycles. The summed E-state index contributed by atoms with van der Waals surface area (Å²) in [5.41, 5.74) is 0.985. The van der Waals surface area contributed by atoms with Crippen LogP contribution in [0, 0.1) is 29.1 Å². The van der Waals surface area contributed by atoms with Crippen LogP contribution in [-0.2, 0) is 4.74 Å². The van der Waals surface area contributed by atoms with Gasteiger partial charge in [-0.3, -0.25) is 0 Å². The fraction of sp³-hybridized carbons (Fsp3) is 0.700. The molecule has 0 unspecified atom stereocenters. The maximum absolute atomic E-state index is 11.9. The van der Waals surface area contributed by atoms with Crippen LogP contribution >= 0.6 is 0 Å². The lowest BCUT2D eigenvalue weighted by Crippen LogP contribution is -2.23. The predicted octanol–water partition coefficient (Wildman–Crippen LogP) is 2.28. The number of hydrogen-bond acceptors (Lipinski definition) is 2. The molecule has 0 heterocycles. The molecule has 2 aliphatic rings. The maximum Gasteiger partial charge on any atom is 0.411 e. The zero-order valence-electron chi connectivity index (χ0n) is 8.08. The molecule has 0 saturated heterocycles. The van der Waals surface area contributed by atoms with Gasteiger partial charge < -0.3 is 4.74 Å². The second-order valence-electron chi connectivity index (χ2n) is 4.06. The van der Waals surface area contributed by atoms with Crippen LogP contribution in [0.15, 0.2) is 11.6 Å². The minimum absolute atomic E-state index is 0.0441. The third-order valence-corrected chi connectivity index (χ3v) is 3.00. The van der Waals surface area contributed by atoms with Crippen molar-refractivity contribution in [3.63, 3.8) is 0 Å². The van der Waals surface area contributed by atoms with Gasteiger partial charge in [0.1, 0.15) is 6.61 Å². The molecule has 2 nitrogen and oxygen atoms in total. The number of allylic oxidation sites excluding steroid dienone is 1. The van der Waals surface area contributed by atoms with Crippen molar-refractivity contribution in [1.29, 1.82) is 5.26 Å². The molecule has 0 aromatic heterocycles. The number of hydrogen-bond donors (Lipinski definition) is 0. The van der Waals surface area contributed by atoms with Gasteiger partial charge in [0.25, 0.3) is 0 Å². The van der Waals surface area contributed by atoms with Gasteiger partial charge in [-0.15, -0.1) is 0 Å². The first-order valence-electron chi connectivity index (χ1n) is 4.70. The molecule has 0 amide bonds. The summed E-state index contributed by atoms with van der Waals surface area (Å²) in [5, 5.41) is 8.72. The Morgan fingerprint density at radius 2 is 2.20 bits per heavy atom. The van der Waals surface area contributed by atoms with E-state index in [1.807, 2.05) is 6.92 Å². The Bertz CT molecular complexity index is 342. The Balaban J connectivity index is 1.94. The standard InChI is InChI=1S/C10H10F3NO/c1-5-2-7(15-4-10(11,12)13)9-6(3-14)8(5)9/h2,6-9H,4H2,1H3/t6-,7-,8+,9+/m1/s1. The van der Waals surface area contributed by atoms with E-state index in [1.165, 1.54) is 0 Å². The minimum Gasteiger partial charge on any atom is -0.364 e. The summed E-state index contributed by atoms with van der Waals surface area (Å²) < 4.78 is 40.5. The van der Waals surface area contributed by atoms with Gasteiger partial charge in [0.15, 0.2) is 0 Å². The van der Waals surface area contributed by atoms with Crippen molar-refractivity contribution in [2.45, 2.75) is 19.2 Å². The fourth-order valence-corrected chi connectivity index (χ4v) is 2.33. The Kier molecular flexibility index (Phi) is 2.27. The topological polar surface area (TPSA) is 33.0 Å². The number of alkyl halides is 3. The second kappa shape index (κ2) is 3.24. The third kappa shape index (κ3) is 1.86. The van der Waals surface area contributed by atoms with Crippen molar-refractivity contribution in [1.82, 2.24) is 0 Å². The molecule has 1 fully saturated rings. The number of ether oxygens (including phenoxy) is 1. The molecule has 0 N–H and O–H groups in total. The average Bonchev–Trinajstić information content (AvgIpc) is 2.76. The van der Waals surface area contributed by atoms with Crippen LogP contribution in [0.3, 0.4) is 0 Å². The van der Waals surface area contributed by atoms with Gasteiger partial charge in [0.2, 0.25) is 0 Å². The molecule has 0 bridgehead atoms. The Labute approximate surface area is 85.3 Å². The predicted molar refractivity (Wildman–Crippen MR) is 45.6 cm³/mol. The van der Waals surface area contributed by atoms with E-state index in [4.69, 9.17) is 10.00 Å². The highest BCUT2D eigenvalue weighted by molar-refractivity contribution is 5.33. The third-order valence-electron chi connectivity index (χ3n) is 3.00. The van der Waals surface area contributed by atoms with Crippen molar-refractivity contribution in [3.05, 3.63) is 11.6 Å². The van der Waals surface area contributed by atoms with Gasteiger partial charge in [0.05, 0.1) is 18.1 Å². The number of nitrogens with zero attached hydrogens (tertiary/aromatic N) is 1. The quantitative estimate of drug-likeness (QED) is 0.665. The SMILES string of the molecule is CC1=C[C@@H](OCC(F)(F)F)[C@@H]2[C@H](C#N)[C@H]12. The Morgan fingerprint density at radius 1 is 1.53 bits per heavy atom. The van der Waals surface area contributed by atoms with Crippen LogP contribution in [0.2, 0.25) is 0 Å². The highest BCUT2D eigenvalue weighted by Crippen LogP contribution is 2.58. The summed E-state index contributed by atoms with van der Waals surface area (Å²) in [6.07, 6.45) is -3.12. The molecule has 0 spiro atoms. The van der Waals surface area contributed by atoms with E-state index in [2.05, 4.69) is 6.07 Å². The fourth-order valence-electron chi connectivity index (χ4n) is 2.33. The highest BCUT2D eigenvalue weighted by atomic mass is 19.4. The van der Waals surface area contributed by atoms with Gasteiger partial charge in [0, 0.05) is 11.8 Å². The summed E-state index contributed by atoms with van der Waals surface area (Å²) in [6.45, 7) is 0.606. The van der Waals surface area contributed by atoms with E-state index in [9.17, 15) is 13.2 Å². The number of halogens is 3. The first-order chi connectivity index (χ1) is 6.94. The van der Waals surface area contributed by atoms with Gasteiger partial charge in [-0.25, -0.2) is 0 Å². The molecular formula is C10H10F3NO. The van der Waals surface area contributed by atoms with Gasteiger partial charge in [-0.2, -0.15) is 18.4 Å². The number of fused-ring (bicyclic) bond motifs is 1. The van der Waals surface area contributed by atoms with Crippen molar-refractivity contribution < 1.29 is 17.9 Å². The van der Waals surface area contributed by atoms with Crippen LogP contribution in [0.25, 0.3) is 0 Å². The summed E-state index contributed by atoms with van der Waals surface area (Å²) in [4.78, 5) is 0. The lowest BCUT2D eigenvalue weighted by atomic mass is 10.1.